The third-order valence-corrected chi connectivity index (χ3v) is 9.55. The zero-order chi connectivity index (χ0) is 26.2. The fourth-order valence-corrected chi connectivity index (χ4v) is 7.01. The Kier molecular flexibility index (Phi) is 5.35. The number of benzene rings is 3. The normalized spacial score (nSPS) is 22.6. The summed E-state index contributed by atoms with van der Waals surface area (Å²) in [6.07, 6.45) is 5.77. The second kappa shape index (κ2) is 8.57. The van der Waals surface area contributed by atoms with Crippen LogP contribution < -0.4 is 15.1 Å². The van der Waals surface area contributed by atoms with Crippen molar-refractivity contribution in [1.29, 1.82) is 0 Å². The lowest BCUT2D eigenvalue weighted by atomic mass is 9.94. The van der Waals surface area contributed by atoms with Gasteiger partial charge in [0, 0.05) is 54.4 Å². The van der Waals surface area contributed by atoms with Crippen molar-refractivity contribution in [2.24, 2.45) is 0 Å². The van der Waals surface area contributed by atoms with Gasteiger partial charge in [0.2, 0.25) is 0 Å². The van der Waals surface area contributed by atoms with Crippen LogP contribution in [0, 0.1) is 6.92 Å². The molecule has 6 nitrogen and oxygen atoms in total. The molecule has 6 heteroatoms. The Morgan fingerprint density at radius 2 is 1.87 bits per heavy atom. The molecule has 4 aliphatic rings. The predicted molar refractivity (Wildman–Crippen MR) is 152 cm³/mol. The van der Waals surface area contributed by atoms with E-state index in [0.717, 1.165) is 70.3 Å². The molecular formula is C32H36N4O2. The number of hydrogen-bond acceptors (Lipinski definition) is 4. The van der Waals surface area contributed by atoms with Crippen molar-refractivity contribution < 1.29 is 9.59 Å². The topological polar surface area (TPSA) is 55.9 Å². The number of piperidine rings is 1. The lowest BCUT2D eigenvalue weighted by Gasteiger charge is -2.50. The molecule has 7 rings (SSSR count). The molecule has 3 fully saturated rings. The quantitative estimate of drug-likeness (QED) is 0.513. The Morgan fingerprint density at radius 1 is 1.05 bits per heavy atom. The number of anilines is 2. The van der Waals surface area contributed by atoms with E-state index in [1.807, 2.05) is 32.2 Å². The van der Waals surface area contributed by atoms with Gasteiger partial charge in [0.25, 0.3) is 11.8 Å². The number of carbonyl (C=O) groups excluding carboxylic acids is 2. The van der Waals surface area contributed by atoms with Gasteiger partial charge in [-0.1, -0.05) is 30.7 Å². The van der Waals surface area contributed by atoms with E-state index in [2.05, 4.69) is 52.4 Å². The van der Waals surface area contributed by atoms with Crippen molar-refractivity contribution in [1.82, 2.24) is 10.2 Å². The van der Waals surface area contributed by atoms with Gasteiger partial charge in [-0.15, -0.1) is 0 Å². The van der Waals surface area contributed by atoms with Gasteiger partial charge in [0.15, 0.2) is 0 Å². The van der Waals surface area contributed by atoms with Crippen LogP contribution in [0.5, 0.6) is 0 Å². The smallest absolute Gasteiger partial charge is 0.258 e. The van der Waals surface area contributed by atoms with Gasteiger partial charge in [0.05, 0.1) is 11.2 Å². The third-order valence-electron chi connectivity index (χ3n) is 9.55. The summed E-state index contributed by atoms with van der Waals surface area (Å²) >= 11 is 0. The Hall–Kier alpha value is -3.38. The van der Waals surface area contributed by atoms with Crippen molar-refractivity contribution >= 4 is 34.0 Å². The highest BCUT2D eigenvalue weighted by molar-refractivity contribution is 6.25. The third kappa shape index (κ3) is 3.57. The minimum atomic E-state index is -0.382. The van der Waals surface area contributed by atoms with Crippen molar-refractivity contribution in [2.75, 3.05) is 36.5 Å². The van der Waals surface area contributed by atoms with E-state index in [-0.39, 0.29) is 17.4 Å². The van der Waals surface area contributed by atoms with Crippen LogP contribution in [0.1, 0.15) is 70.9 Å². The van der Waals surface area contributed by atoms with E-state index in [1.54, 1.807) is 4.90 Å². The predicted octanol–water partition coefficient (Wildman–Crippen LogP) is 5.22. The van der Waals surface area contributed by atoms with E-state index in [4.69, 9.17) is 0 Å². The largest absolute Gasteiger partial charge is 0.368 e. The monoisotopic (exact) mass is 508 g/mol. The van der Waals surface area contributed by atoms with Crippen LogP contribution in [-0.2, 0) is 5.54 Å². The van der Waals surface area contributed by atoms with Crippen LogP contribution in [0.2, 0.25) is 0 Å². The first-order chi connectivity index (χ1) is 18.4. The molecule has 0 aromatic heterocycles. The molecule has 3 heterocycles. The van der Waals surface area contributed by atoms with Gasteiger partial charge < -0.3 is 15.1 Å². The number of nitrogens with zero attached hydrogens (tertiary/aromatic N) is 3. The minimum absolute atomic E-state index is 0.0139. The average Bonchev–Trinajstić information content (AvgIpc) is 3.63. The lowest BCUT2D eigenvalue weighted by molar-refractivity contribution is 0.0875. The molecule has 1 aliphatic carbocycles. The summed E-state index contributed by atoms with van der Waals surface area (Å²) in [5, 5.41) is 5.49. The number of rotatable bonds is 5. The van der Waals surface area contributed by atoms with Gasteiger partial charge in [0.1, 0.15) is 0 Å². The molecule has 0 radical (unpaired) electrons. The molecule has 1 N–H and O–H groups in total. The summed E-state index contributed by atoms with van der Waals surface area (Å²) in [4.78, 5) is 33.3. The summed E-state index contributed by atoms with van der Waals surface area (Å²) in [6.45, 7) is 7.67. The van der Waals surface area contributed by atoms with Crippen molar-refractivity contribution in [3.05, 3.63) is 70.8 Å². The molecule has 3 aliphatic heterocycles. The van der Waals surface area contributed by atoms with E-state index in [9.17, 15) is 9.59 Å². The Balaban J connectivity index is 1.12. The highest BCUT2D eigenvalue weighted by atomic mass is 16.2. The van der Waals surface area contributed by atoms with E-state index < -0.39 is 0 Å². The van der Waals surface area contributed by atoms with Gasteiger partial charge in [-0.2, -0.15) is 0 Å². The van der Waals surface area contributed by atoms with Gasteiger partial charge in [-0.3, -0.25) is 14.5 Å². The zero-order valence-electron chi connectivity index (χ0n) is 22.6. The van der Waals surface area contributed by atoms with Crippen LogP contribution in [0.25, 0.3) is 10.8 Å². The maximum atomic E-state index is 13.7. The maximum absolute atomic E-state index is 13.7. The fourth-order valence-electron chi connectivity index (χ4n) is 7.01. The van der Waals surface area contributed by atoms with Gasteiger partial charge in [-0.25, -0.2) is 0 Å². The number of aryl methyl sites for hydroxylation is 1. The van der Waals surface area contributed by atoms with Crippen LogP contribution in [0.4, 0.5) is 11.4 Å². The number of likely N-dealkylation sites (tertiary alicyclic amines) is 1. The Labute approximate surface area is 224 Å². The average molecular weight is 509 g/mol. The molecular weight excluding hydrogens is 472 g/mol. The summed E-state index contributed by atoms with van der Waals surface area (Å²) in [5.41, 5.74) is 5.32. The highest BCUT2D eigenvalue weighted by Gasteiger charge is 2.47. The maximum Gasteiger partial charge on any atom is 0.258 e. The van der Waals surface area contributed by atoms with Crippen LogP contribution >= 0.6 is 0 Å². The Bertz CT molecular complexity index is 1470. The second-order valence-corrected chi connectivity index (χ2v) is 11.9. The summed E-state index contributed by atoms with van der Waals surface area (Å²) < 4.78 is 0. The first-order valence-electron chi connectivity index (χ1n) is 14.1. The number of hydrogen-bond donors (Lipinski definition) is 1. The highest BCUT2D eigenvalue weighted by Crippen LogP contribution is 2.50. The number of carbonyl (C=O) groups is 2. The molecule has 3 aromatic carbocycles. The molecule has 2 saturated heterocycles. The van der Waals surface area contributed by atoms with E-state index in [0.29, 0.717) is 12.1 Å². The van der Waals surface area contributed by atoms with Crippen molar-refractivity contribution in [3.63, 3.8) is 0 Å². The summed E-state index contributed by atoms with van der Waals surface area (Å²) in [7, 11) is 1.83. The molecule has 0 bridgehead atoms. The number of amides is 2. The molecule has 3 aromatic rings. The van der Waals surface area contributed by atoms with Crippen LogP contribution in [0.3, 0.4) is 0 Å². The molecule has 1 atom stereocenters. The fraction of sp³-hybridized carbons (Fsp3) is 0.438. The van der Waals surface area contributed by atoms with Gasteiger partial charge >= 0.3 is 0 Å². The summed E-state index contributed by atoms with van der Waals surface area (Å²) in [5.74, 6) is 0.0204. The molecule has 0 spiro atoms. The van der Waals surface area contributed by atoms with Crippen LogP contribution in [0.15, 0.2) is 48.5 Å². The Morgan fingerprint density at radius 3 is 2.63 bits per heavy atom. The lowest BCUT2D eigenvalue weighted by Crippen LogP contribution is -2.62. The molecule has 196 valence electrons. The standard InChI is InChI=1S/C32H36N4O2/c1-20-10-11-22(35-18-23(19-35)36-16-5-4-7-21(36)2)17-26(20)30(37)33-32(14-15-32)27-12-13-28-29-24(27)8-6-9-25(29)31(38)34(28)3/h6,8-13,17,21,23H,4-5,7,14-16,18-19H2,1-3H3,(H,33,37). The van der Waals surface area contributed by atoms with Crippen LogP contribution in [-0.4, -0.2) is 55.5 Å². The summed E-state index contributed by atoms with van der Waals surface area (Å²) in [6, 6.07) is 17.7. The first kappa shape index (κ1) is 23.7. The molecule has 1 unspecified atom stereocenters. The van der Waals surface area contributed by atoms with Crippen molar-refractivity contribution in [3.8, 4) is 0 Å². The zero-order valence-corrected chi connectivity index (χ0v) is 22.6. The first-order valence-corrected chi connectivity index (χ1v) is 14.1. The second-order valence-electron chi connectivity index (χ2n) is 11.9. The van der Waals surface area contributed by atoms with E-state index in [1.165, 1.54) is 25.8 Å². The van der Waals surface area contributed by atoms with E-state index >= 15 is 0 Å². The molecule has 2 amide bonds. The number of nitrogens with one attached hydrogen (secondary N) is 1. The molecule has 38 heavy (non-hydrogen) atoms. The SMILES string of the molecule is Cc1ccc(N2CC(N3CCCCC3C)C2)cc1C(=O)NC1(c2ccc3c4c(cccc24)C(=O)N3C)CC1. The minimum Gasteiger partial charge on any atom is -0.368 e. The molecule has 1 saturated carbocycles. The van der Waals surface area contributed by atoms with Gasteiger partial charge in [-0.05, 0) is 86.9 Å². The van der Waals surface area contributed by atoms with Crippen molar-refractivity contribution in [2.45, 2.75) is 63.6 Å².